The molecule has 62 valence electrons. The smallest absolute Gasteiger partial charge is 0.220 e. The summed E-state index contributed by atoms with van der Waals surface area (Å²) >= 11 is 0. The van der Waals surface area contributed by atoms with Gasteiger partial charge in [-0.05, 0) is 0 Å². The third-order valence-corrected chi connectivity index (χ3v) is 1.05. The van der Waals surface area contributed by atoms with Crippen molar-refractivity contribution in [3.8, 4) is 0 Å². The average molecular weight is 158 g/mol. The summed E-state index contributed by atoms with van der Waals surface area (Å²) in [5.41, 5.74) is 0. The van der Waals surface area contributed by atoms with Crippen LogP contribution in [0.2, 0.25) is 0 Å². The molecule has 0 amide bonds. The molecule has 0 unspecified atom stereocenters. The summed E-state index contributed by atoms with van der Waals surface area (Å²) < 4.78 is 1.44. The van der Waals surface area contributed by atoms with Crippen LogP contribution in [0.4, 0.5) is 0 Å². The average Bonchev–Trinajstić information content (AvgIpc) is 2.32. The zero-order chi connectivity index (χ0) is 8.32. The van der Waals surface area contributed by atoms with Crippen LogP contribution < -0.4 is 5.32 Å². The maximum atomic E-state index is 8.80. The molecule has 0 atom stereocenters. The Bertz CT molecular complexity index is 203. The Morgan fingerprint density at radius 2 is 2.36 bits per heavy atom. The molecular weight excluding hydrogens is 148 g/mol. The number of hydrogen-bond acceptors (Lipinski definition) is 5. The summed E-state index contributed by atoms with van der Waals surface area (Å²) in [5.74, 6) is -1.87. The van der Waals surface area contributed by atoms with Gasteiger partial charge in [-0.25, -0.2) is 10.00 Å². The summed E-state index contributed by atoms with van der Waals surface area (Å²) in [6, 6.07) is 0. The predicted octanol–water partition coefficient (Wildman–Crippen LogP) is -1.52. The SMILES string of the molecule is CC(O)(O)NCn1ccnn1. The molecule has 0 aliphatic heterocycles. The Balaban J connectivity index is 2.35. The van der Waals surface area contributed by atoms with Crippen LogP contribution in [0.25, 0.3) is 0 Å². The second-order valence-corrected chi connectivity index (χ2v) is 2.30. The van der Waals surface area contributed by atoms with E-state index >= 15 is 0 Å². The zero-order valence-electron chi connectivity index (χ0n) is 6.10. The third-order valence-electron chi connectivity index (χ3n) is 1.05. The van der Waals surface area contributed by atoms with Crippen molar-refractivity contribution in [3.63, 3.8) is 0 Å². The van der Waals surface area contributed by atoms with Crippen LogP contribution in [0.15, 0.2) is 12.4 Å². The Morgan fingerprint density at radius 3 is 2.82 bits per heavy atom. The molecule has 0 aliphatic carbocycles. The quantitative estimate of drug-likeness (QED) is 0.465. The normalized spacial score (nSPS) is 11.9. The number of nitrogens with zero attached hydrogens (tertiary/aromatic N) is 3. The summed E-state index contributed by atoms with van der Waals surface area (Å²) in [4.78, 5) is 0. The van der Waals surface area contributed by atoms with Gasteiger partial charge in [0.1, 0.15) is 0 Å². The second kappa shape index (κ2) is 2.95. The Morgan fingerprint density at radius 1 is 1.64 bits per heavy atom. The first kappa shape index (κ1) is 8.12. The van der Waals surface area contributed by atoms with Gasteiger partial charge in [-0.1, -0.05) is 5.21 Å². The topological polar surface area (TPSA) is 83.2 Å². The molecule has 0 radical (unpaired) electrons. The van der Waals surface area contributed by atoms with Crippen LogP contribution in [-0.2, 0) is 6.67 Å². The minimum absolute atomic E-state index is 0.212. The van der Waals surface area contributed by atoms with Crippen LogP contribution in [0, 0.1) is 0 Å². The molecule has 0 aliphatic rings. The standard InChI is InChI=1S/C5H10N4O2/c1-5(10,11)6-4-9-3-2-7-8-9/h2-3,6,10-11H,4H2,1H3. The van der Waals surface area contributed by atoms with Crippen molar-refractivity contribution in [1.29, 1.82) is 0 Å². The highest BCUT2D eigenvalue weighted by Gasteiger charge is 2.12. The van der Waals surface area contributed by atoms with Gasteiger partial charge in [-0.15, -0.1) is 5.10 Å². The second-order valence-electron chi connectivity index (χ2n) is 2.30. The first-order valence-electron chi connectivity index (χ1n) is 3.12. The number of nitrogens with one attached hydrogen (secondary N) is 1. The maximum Gasteiger partial charge on any atom is 0.220 e. The van der Waals surface area contributed by atoms with Crippen molar-refractivity contribution in [3.05, 3.63) is 12.4 Å². The molecule has 3 N–H and O–H groups in total. The highest BCUT2D eigenvalue weighted by molar-refractivity contribution is 4.63. The van der Waals surface area contributed by atoms with Crippen molar-refractivity contribution in [2.24, 2.45) is 0 Å². The van der Waals surface area contributed by atoms with Gasteiger partial charge in [-0.2, -0.15) is 0 Å². The molecule has 11 heavy (non-hydrogen) atoms. The number of rotatable bonds is 3. The monoisotopic (exact) mass is 158 g/mol. The molecule has 0 spiro atoms. The van der Waals surface area contributed by atoms with Crippen LogP contribution in [-0.4, -0.2) is 31.1 Å². The molecule has 0 fully saturated rings. The summed E-state index contributed by atoms with van der Waals surface area (Å²) in [6.07, 6.45) is 3.12. The molecule has 6 heteroatoms. The minimum atomic E-state index is -1.87. The Kier molecular flexibility index (Phi) is 2.18. The van der Waals surface area contributed by atoms with E-state index in [0.717, 1.165) is 0 Å². The van der Waals surface area contributed by atoms with E-state index in [9.17, 15) is 0 Å². The van der Waals surface area contributed by atoms with E-state index < -0.39 is 5.91 Å². The lowest BCUT2D eigenvalue weighted by molar-refractivity contribution is -0.174. The molecule has 1 aromatic rings. The maximum absolute atomic E-state index is 8.80. The minimum Gasteiger partial charge on any atom is -0.354 e. The largest absolute Gasteiger partial charge is 0.354 e. The van der Waals surface area contributed by atoms with Crippen molar-refractivity contribution in [2.45, 2.75) is 19.5 Å². The van der Waals surface area contributed by atoms with Gasteiger partial charge in [0.25, 0.3) is 0 Å². The zero-order valence-corrected chi connectivity index (χ0v) is 6.10. The van der Waals surface area contributed by atoms with Crippen molar-refractivity contribution in [2.75, 3.05) is 0 Å². The number of hydrogen-bond donors (Lipinski definition) is 3. The molecule has 0 saturated heterocycles. The highest BCUT2D eigenvalue weighted by Crippen LogP contribution is 1.89. The van der Waals surface area contributed by atoms with Gasteiger partial charge >= 0.3 is 0 Å². The number of aliphatic hydroxyl groups is 2. The fourth-order valence-corrected chi connectivity index (χ4v) is 0.548. The van der Waals surface area contributed by atoms with Gasteiger partial charge in [0.2, 0.25) is 5.91 Å². The van der Waals surface area contributed by atoms with Crippen molar-refractivity contribution in [1.82, 2.24) is 20.3 Å². The molecule has 1 heterocycles. The molecule has 0 bridgehead atoms. The van der Waals surface area contributed by atoms with E-state index in [-0.39, 0.29) is 6.67 Å². The molecule has 0 aromatic carbocycles. The van der Waals surface area contributed by atoms with Gasteiger partial charge in [0, 0.05) is 13.1 Å². The van der Waals surface area contributed by atoms with E-state index in [1.165, 1.54) is 17.8 Å². The highest BCUT2D eigenvalue weighted by atomic mass is 16.5. The summed E-state index contributed by atoms with van der Waals surface area (Å²) in [7, 11) is 0. The summed E-state index contributed by atoms with van der Waals surface area (Å²) in [5, 5.41) is 27.1. The molecule has 1 aromatic heterocycles. The first-order valence-corrected chi connectivity index (χ1v) is 3.12. The number of aromatic nitrogens is 3. The van der Waals surface area contributed by atoms with Crippen LogP contribution in [0.3, 0.4) is 0 Å². The molecular formula is C5H10N4O2. The van der Waals surface area contributed by atoms with Gasteiger partial charge in [0.15, 0.2) is 0 Å². The van der Waals surface area contributed by atoms with Gasteiger partial charge < -0.3 is 10.2 Å². The van der Waals surface area contributed by atoms with Crippen LogP contribution in [0.1, 0.15) is 6.92 Å². The predicted molar refractivity (Wildman–Crippen MR) is 36.0 cm³/mol. The van der Waals surface area contributed by atoms with E-state index in [4.69, 9.17) is 10.2 Å². The molecule has 6 nitrogen and oxygen atoms in total. The Hall–Kier alpha value is -0.980. The summed E-state index contributed by atoms with van der Waals surface area (Å²) in [6.45, 7) is 1.44. The van der Waals surface area contributed by atoms with Crippen molar-refractivity contribution < 1.29 is 10.2 Å². The lowest BCUT2D eigenvalue weighted by atomic mass is 10.6. The molecule has 1 rings (SSSR count). The van der Waals surface area contributed by atoms with Crippen molar-refractivity contribution >= 4 is 0 Å². The first-order chi connectivity index (χ1) is 5.08. The van der Waals surface area contributed by atoms with Gasteiger partial charge in [0.05, 0.1) is 12.9 Å². The van der Waals surface area contributed by atoms with E-state index in [0.29, 0.717) is 0 Å². The fraction of sp³-hybridized carbons (Fsp3) is 0.600. The van der Waals surface area contributed by atoms with E-state index in [1.807, 2.05) is 0 Å². The van der Waals surface area contributed by atoms with Crippen LogP contribution in [0.5, 0.6) is 0 Å². The lowest BCUT2D eigenvalue weighted by Crippen LogP contribution is -2.42. The third kappa shape index (κ3) is 3.08. The molecule has 0 saturated carbocycles. The van der Waals surface area contributed by atoms with Gasteiger partial charge in [-0.3, -0.25) is 0 Å². The van der Waals surface area contributed by atoms with E-state index in [1.54, 1.807) is 6.20 Å². The van der Waals surface area contributed by atoms with E-state index in [2.05, 4.69) is 15.6 Å². The fourth-order valence-electron chi connectivity index (χ4n) is 0.548. The Labute approximate surface area is 63.5 Å². The lowest BCUT2D eigenvalue weighted by Gasteiger charge is -2.16. The van der Waals surface area contributed by atoms with Crippen LogP contribution >= 0.6 is 0 Å².